The van der Waals surface area contributed by atoms with Gasteiger partial charge in [-0.15, -0.1) is 0 Å². The highest BCUT2D eigenvalue weighted by molar-refractivity contribution is 7.85. The molecule has 6 heteroatoms. The summed E-state index contributed by atoms with van der Waals surface area (Å²) in [7, 11) is -3.87. The van der Waals surface area contributed by atoms with E-state index in [9.17, 15) is 13.2 Å². The fraction of sp³-hybridized carbons (Fsp3) is 0.400. The van der Waals surface area contributed by atoms with E-state index in [1.54, 1.807) is 4.72 Å². The molecule has 0 aromatic carbocycles. The fourth-order valence-electron chi connectivity index (χ4n) is 0.598. The molecule has 1 aliphatic heterocycles. The van der Waals surface area contributed by atoms with E-state index in [4.69, 9.17) is 0 Å². The first kappa shape index (κ1) is 8.06. The maximum Gasteiger partial charge on any atom is 0.409 e. The lowest BCUT2D eigenvalue weighted by Crippen LogP contribution is -2.36. The third-order valence-corrected chi connectivity index (χ3v) is 2.23. The monoisotopic (exact) mass is 177 g/mol. The quantitative estimate of drug-likeness (QED) is 0.550. The number of nitrogens with one attached hydrogen (secondary N) is 1. The first-order valence-electron chi connectivity index (χ1n) is 2.86. The molecule has 0 unspecified atom stereocenters. The van der Waals surface area contributed by atoms with Crippen LogP contribution in [0.25, 0.3) is 0 Å². The number of allylic oxidation sites excluding steroid dienone is 1. The Bertz CT molecular complexity index is 326. The van der Waals surface area contributed by atoms with Crippen molar-refractivity contribution in [2.24, 2.45) is 0 Å². The molecular weight excluding hydrogens is 170 g/mol. The molecule has 0 saturated heterocycles. The van der Waals surface area contributed by atoms with E-state index >= 15 is 0 Å². The normalized spacial score (nSPS) is 22.5. The topological polar surface area (TPSA) is 72.5 Å². The lowest BCUT2D eigenvalue weighted by molar-refractivity contribution is -0.116. The van der Waals surface area contributed by atoms with Gasteiger partial charge in [0.1, 0.15) is 5.76 Å². The first-order valence-corrected chi connectivity index (χ1v) is 4.27. The van der Waals surface area contributed by atoms with Gasteiger partial charge in [-0.05, 0) is 13.8 Å². The van der Waals surface area contributed by atoms with Gasteiger partial charge in [0.15, 0.2) is 0 Å². The van der Waals surface area contributed by atoms with Crippen molar-refractivity contribution in [1.29, 1.82) is 0 Å². The summed E-state index contributed by atoms with van der Waals surface area (Å²) in [5.41, 5.74) is 0.278. The molecule has 0 atom stereocenters. The van der Waals surface area contributed by atoms with Crippen LogP contribution in [0.15, 0.2) is 11.3 Å². The summed E-state index contributed by atoms with van der Waals surface area (Å²) in [5.74, 6) is -0.512. The molecule has 0 aromatic rings. The highest BCUT2D eigenvalue weighted by Crippen LogP contribution is 2.13. The van der Waals surface area contributed by atoms with Gasteiger partial charge in [-0.25, -0.2) is 4.72 Å². The van der Waals surface area contributed by atoms with Gasteiger partial charge in [-0.3, -0.25) is 4.79 Å². The van der Waals surface area contributed by atoms with Crippen LogP contribution in [0.3, 0.4) is 0 Å². The number of carbonyl (C=O) groups excluding carboxylic acids is 1. The Labute approximate surface area is 64.3 Å². The molecular formula is C5H7NO4S. The van der Waals surface area contributed by atoms with E-state index in [0.29, 0.717) is 0 Å². The molecule has 0 aromatic heterocycles. The molecule has 11 heavy (non-hydrogen) atoms. The van der Waals surface area contributed by atoms with Crippen LogP contribution in [0.1, 0.15) is 13.8 Å². The summed E-state index contributed by atoms with van der Waals surface area (Å²) < 4.78 is 27.3. The largest absolute Gasteiger partial charge is 0.409 e. The van der Waals surface area contributed by atoms with Gasteiger partial charge in [-0.1, -0.05) is 0 Å². The van der Waals surface area contributed by atoms with Crippen molar-refractivity contribution in [3.8, 4) is 0 Å². The van der Waals surface area contributed by atoms with E-state index in [-0.39, 0.29) is 11.3 Å². The molecule has 0 saturated carbocycles. The summed E-state index contributed by atoms with van der Waals surface area (Å²) in [6, 6.07) is 0. The maximum atomic E-state index is 10.8. The predicted octanol–water partition coefficient (Wildman–Crippen LogP) is -0.328. The van der Waals surface area contributed by atoms with Crippen LogP contribution in [0.2, 0.25) is 0 Å². The number of rotatable bonds is 0. The van der Waals surface area contributed by atoms with Crippen LogP contribution in [-0.2, 0) is 19.3 Å². The zero-order valence-electron chi connectivity index (χ0n) is 6.04. The summed E-state index contributed by atoms with van der Waals surface area (Å²) >= 11 is 0. The Hall–Kier alpha value is -1.04. The van der Waals surface area contributed by atoms with E-state index < -0.39 is 16.2 Å². The lowest BCUT2D eigenvalue weighted by atomic mass is 10.2. The molecule has 62 valence electrons. The van der Waals surface area contributed by atoms with Crippen molar-refractivity contribution in [1.82, 2.24) is 4.72 Å². The first-order chi connectivity index (χ1) is 4.92. The summed E-state index contributed by atoms with van der Waals surface area (Å²) in [6.07, 6.45) is 0. The zero-order chi connectivity index (χ0) is 8.65. The van der Waals surface area contributed by atoms with Crippen LogP contribution >= 0.6 is 0 Å². The molecule has 0 bridgehead atoms. The molecule has 1 heterocycles. The Balaban J connectivity index is 3.14. The van der Waals surface area contributed by atoms with Crippen LogP contribution in [0.4, 0.5) is 0 Å². The second-order valence-corrected chi connectivity index (χ2v) is 3.43. The lowest BCUT2D eigenvalue weighted by Gasteiger charge is -2.15. The van der Waals surface area contributed by atoms with Gasteiger partial charge in [0.2, 0.25) is 0 Å². The predicted molar refractivity (Wildman–Crippen MR) is 36.5 cm³/mol. The SMILES string of the molecule is CC1=C(C)C(=O)NS(=O)(=O)O1. The molecule has 0 aliphatic carbocycles. The van der Waals surface area contributed by atoms with Crippen molar-refractivity contribution in [2.45, 2.75) is 13.8 Å². The highest BCUT2D eigenvalue weighted by atomic mass is 32.2. The number of amides is 1. The summed E-state index contributed by atoms with van der Waals surface area (Å²) in [6.45, 7) is 2.91. The molecule has 1 aliphatic rings. The van der Waals surface area contributed by atoms with Crippen LogP contribution < -0.4 is 4.72 Å². The second kappa shape index (κ2) is 2.23. The Morgan fingerprint density at radius 1 is 1.36 bits per heavy atom. The third kappa shape index (κ3) is 1.51. The standard InChI is InChI=1S/C5H7NO4S/c1-3-4(2)10-11(8,9)6-5(3)7/h1-2H3,(H,6,7). The maximum absolute atomic E-state index is 10.8. The third-order valence-electron chi connectivity index (χ3n) is 1.32. The number of carbonyl (C=O) groups is 1. The molecule has 5 nitrogen and oxygen atoms in total. The minimum atomic E-state index is -3.87. The van der Waals surface area contributed by atoms with E-state index in [1.807, 2.05) is 0 Å². The molecule has 1 amide bonds. The van der Waals surface area contributed by atoms with Crippen molar-refractivity contribution in [2.75, 3.05) is 0 Å². The Morgan fingerprint density at radius 3 is 2.36 bits per heavy atom. The highest BCUT2D eigenvalue weighted by Gasteiger charge is 2.25. The molecule has 0 spiro atoms. The van der Waals surface area contributed by atoms with Crippen molar-refractivity contribution < 1.29 is 17.4 Å². The Kier molecular flexibility index (Phi) is 1.63. The molecule has 1 rings (SSSR count). The van der Waals surface area contributed by atoms with Crippen molar-refractivity contribution >= 4 is 16.2 Å². The van der Waals surface area contributed by atoms with Gasteiger partial charge < -0.3 is 4.18 Å². The van der Waals surface area contributed by atoms with E-state index in [1.165, 1.54) is 13.8 Å². The summed E-state index contributed by atoms with van der Waals surface area (Å²) in [5, 5.41) is 0. The minimum absolute atomic E-state index is 0.119. The van der Waals surface area contributed by atoms with Crippen molar-refractivity contribution in [3.63, 3.8) is 0 Å². The minimum Gasteiger partial charge on any atom is -0.371 e. The summed E-state index contributed by atoms with van der Waals surface area (Å²) in [4.78, 5) is 10.8. The average Bonchev–Trinajstić information content (AvgIpc) is 1.81. The molecule has 0 fully saturated rings. The smallest absolute Gasteiger partial charge is 0.371 e. The second-order valence-electron chi connectivity index (χ2n) is 2.15. The van der Waals surface area contributed by atoms with Crippen LogP contribution in [0.5, 0.6) is 0 Å². The Morgan fingerprint density at radius 2 is 1.91 bits per heavy atom. The fourth-order valence-corrected chi connectivity index (χ4v) is 1.47. The van der Waals surface area contributed by atoms with Crippen LogP contribution in [0, 0.1) is 0 Å². The zero-order valence-corrected chi connectivity index (χ0v) is 6.86. The number of hydrogen-bond donors (Lipinski definition) is 1. The van der Waals surface area contributed by atoms with E-state index in [2.05, 4.69) is 4.18 Å². The number of hydrogen-bond acceptors (Lipinski definition) is 4. The van der Waals surface area contributed by atoms with Gasteiger partial charge in [0, 0.05) is 0 Å². The van der Waals surface area contributed by atoms with Crippen LogP contribution in [-0.4, -0.2) is 14.3 Å². The van der Waals surface area contributed by atoms with Gasteiger partial charge >= 0.3 is 10.3 Å². The van der Waals surface area contributed by atoms with E-state index in [0.717, 1.165) is 0 Å². The van der Waals surface area contributed by atoms with Gasteiger partial charge in [0.05, 0.1) is 5.57 Å². The van der Waals surface area contributed by atoms with Gasteiger partial charge in [0.25, 0.3) is 5.91 Å². The molecule has 0 radical (unpaired) electrons. The van der Waals surface area contributed by atoms with Crippen molar-refractivity contribution in [3.05, 3.63) is 11.3 Å². The van der Waals surface area contributed by atoms with Gasteiger partial charge in [-0.2, -0.15) is 8.42 Å². The average molecular weight is 177 g/mol. The molecule has 1 N–H and O–H groups in total.